The number of anilines is 1. The highest BCUT2D eigenvalue weighted by Crippen LogP contribution is 2.42. The third-order valence-corrected chi connectivity index (χ3v) is 9.90. The molecule has 0 aliphatic carbocycles. The molecular formula is C42H42N6O3. The summed E-state index contributed by atoms with van der Waals surface area (Å²) < 4.78 is 11.2. The Labute approximate surface area is 298 Å². The van der Waals surface area contributed by atoms with Gasteiger partial charge in [0.05, 0.1) is 14.2 Å². The van der Waals surface area contributed by atoms with Crippen LogP contribution in [0.5, 0.6) is 11.5 Å². The van der Waals surface area contributed by atoms with Gasteiger partial charge in [-0.2, -0.15) is 0 Å². The average Bonchev–Trinajstić information content (AvgIpc) is 3.66. The molecule has 1 saturated heterocycles. The van der Waals surface area contributed by atoms with E-state index < -0.39 is 5.54 Å². The van der Waals surface area contributed by atoms with Crippen molar-refractivity contribution >= 4 is 11.7 Å². The summed E-state index contributed by atoms with van der Waals surface area (Å²) in [6.45, 7) is 5.94. The third kappa shape index (κ3) is 6.55. The fraction of sp³-hybridized carbons (Fsp3) is 0.238. The van der Waals surface area contributed by atoms with E-state index in [0.29, 0.717) is 41.7 Å². The summed E-state index contributed by atoms with van der Waals surface area (Å²) in [5.41, 5.74) is 5.30. The molecule has 1 aromatic heterocycles. The van der Waals surface area contributed by atoms with Gasteiger partial charge in [0.25, 0.3) is 0 Å². The van der Waals surface area contributed by atoms with Crippen LogP contribution >= 0.6 is 0 Å². The van der Waals surface area contributed by atoms with Gasteiger partial charge in [-0.15, -0.1) is 15.0 Å². The number of ether oxygens (including phenoxy) is 2. The molecule has 1 aliphatic heterocycles. The maximum atomic E-state index is 13.5. The summed E-state index contributed by atoms with van der Waals surface area (Å²) in [6.07, 6.45) is 1.92. The van der Waals surface area contributed by atoms with Crippen molar-refractivity contribution in [1.29, 1.82) is 0 Å². The van der Waals surface area contributed by atoms with Crippen LogP contribution in [0, 0.1) is 5.41 Å². The number of piperidine rings is 1. The van der Waals surface area contributed by atoms with Crippen LogP contribution in [0.2, 0.25) is 0 Å². The summed E-state index contributed by atoms with van der Waals surface area (Å²) in [5, 5.41) is 17.9. The minimum Gasteiger partial charge on any atom is -0.493 e. The third-order valence-electron chi connectivity index (χ3n) is 9.90. The SMILES string of the molecule is COc1ccc(-c2ccc(NC(=O)N3CCC(C)(C)CC3)cc2-c2nnn(C(c3ccccc3)(c3ccccc3)c3ccccc3)n2)cc1OC. The van der Waals surface area contributed by atoms with Gasteiger partial charge in [0, 0.05) is 24.3 Å². The molecule has 51 heavy (non-hydrogen) atoms. The zero-order chi connectivity index (χ0) is 35.4. The quantitative estimate of drug-likeness (QED) is 0.154. The Morgan fingerprint density at radius 2 is 1.27 bits per heavy atom. The number of hydrogen-bond acceptors (Lipinski definition) is 6. The van der Waals surface area contributed by atoms with Crippen molar-refractivity contribution in [2.45, 2.75) is 32.2 Å². The van der Waals surface area contributed by atoms with Gasteiger partial charge in [-0.25, -0.2) is 4.79 Å². The molecule has 2 heterocycles. The number of aromatic nitrogens is 4. The lowest BCUT2D eigenvalue weighted by Crippen LogP contribution is -2.43. The van der Waals surface area contributed by atoms with E-state index in [2.05, 4.69) is 55.6 Å². The molecule has 9 nitrogen and oxygen atoms in total. The Morgan fingerprint density at radius 3 is 1.82 bits per heavy atom. The second-order valence-corrected chi connectivity index (χ2v) is 13.6. The van der Waals surface area contributed by atoms with Gasteiger partial charge >= 0.3 is 6.03 Å². The van der Waals surface area contributed by atoms with Crippen molar-refractivity contribution in [3.63, 3.8) is 0 Å². The van der Waals surface area contributed by atoms with Crippen LogP contribution in [0.1, 0.15) is 43.4 Å². The number of carbonyl (C=O) groups excluding carboxylic acids is 1. The average molecular weight is 679 g/mol. The van der Waals surface area contributed by atoms with Crippen LogP contribution in [0.4, 0.5) is 10.5 Å². The Morgan fingerprint density at radius 1 is 0.706 bits per heavy atom. The van der Waals surface area contributed by atoms with E-state index in [4.69, 9.17) is 24.9 Å². The second-order valence-electron chi connectivity index (χ2n) is 13.6. The van der Waals surface area contributed by atoms with Crippen molar-refractivity contribution in [3.05, 3.63) is 144 Å². The lowest BCUT2D eigenvalue weighted by Gasteiger charge is -2.36. The second kappa shape index (κ2) is 14.1. The first-order chi connectivity index (χ1) is 24.8. The molecule has 1 fully saturated rings. The Bertz CT molecular complexity index is 2010. The van der Waals surface area contributed by atoms with E-state index in [1.165, 1.54) is 0 Å². The van der Waals surface area contributed by atoms with Crippen molar-refractivity contribution in [2.24, 2.45) is 5.41 Å². The molecule has 258 valence electrons. The first-order valence-electron chi connectivity index (χ1n) is 17.2. The number of hydrogen-bond donors (Lipinski definition) is 1. The number of carbonyl (C=O) groups is 1. The molecule has 0 atom stereocenters. The Balaban J connectivity index is 1.38. The number of likely N-dealkylation sites (tertiary alicyclic amines) is 1. The van der Waals surface area contributed by atoms with Crippen LogP contribution in [-0.4, -0.2) is 58.4 Å². The van der Waals surface area contributed by atoms with Gasteiger partial charge in [-0.05, 0) is 75.6 Å². The van der Waals surface area contributed by atoms with Gasteiger partial charge in [0.15, 0.2) is 17.0 Å². The Kier molecular flexibility index (Phi) is 9.28. The predicted molar refractivity (Wildman–Crippen MR) is 200 cm³/mol. The van der Waals surface area contributed by atoms with Gasteiger partial charge in [0.1, 0.15) is 0 Å². The van der Waals surface area contributed by atoms with Gasteiger partial charge in [0.2, 0.25) is 5.82 Å². The first kappa shape index (κ1) is 33.5. The largest absolute Gasteiger partial charge is 0.493 e. The van der Waals surface area contributed by atoms with E-state index >= 15 is 0 Å². The molecule has 0 radical (unpaired) electrons. The molecule has 2 amide bonds. The van der Waals surface area contributed by atoms with Crippen molar-refractivity contribution in [3.8, 4) is 34.0 Å². The number of methoxy groups -OCH3 is 2. The molecule has 9 heteroatoms. The fourth-order valence-electron chi connectivity index (χ4n) is 6.93. The zero-order valence-corrected chi connectivity index (χ0v) is 29.4. The standard InChI is InChI=1S/C42H42N6O3/c1-41(2)24-26-47(27-25-41)40(49)43-34-21-22-35(30-20-23-37(50-3)38(28-30)51-4)36(29-34)39-44-46-48(45-39)42(31-14-8-5-9-15-31,32-16-10-6-11-17-32)33-18-12-7-13-19-33/h5-23,28-29H,24-27H2,1-4H3,(H,43,49). The van der Waals surface area contributed by atoms with Crippen LogP contribution in [-0.2, 0) is 5.54 Å². The number of amides is 2. The maximum Gasteiger partial charge on any atom is 0.321 e. The molecule has 6 aromatic rings. The number of rotatable bonds is 9. The van der Waals surface area contributed by atoms with E-state index in [9.17, 15) is 4.79 Å². The van der Waals surface area contributed by atoms with Gasteiger partial charge in [-0.3, -0.25) is 0 Å². The highest BCUT2D eigenvalue weighted by molar-refractivity contribution is 5.92. The summed E-state index contributed by atoms with van der Waals surface area (Å²) >= 11 is 0. The van der Waals surface area contributed by atoms with Gasteiger partial charge < -0.3 is 19.7 Å². The topological polar surface area (TPSA) is 94.4 Å². The monoisotopic (exact) mass is 678 g/mol. The normalized spacial score (nSPS) is 14.2. The molecule has 0 unspecified atom stereocenters. The number of tetrazole rings is 1. The van der Waals surface area contributed by atoms with Crippen LogP contribution in [0.3, 0.4) is 0 Å². The van der Waals surface area contributed by atoms with E-state index in [-0.39, 0.29) is 11.4 Å². The molecule has 0 spiro atoms. The maximum absolute atomic E-state index is 13.5. The summed E-state index contributed by atoms with van der Waals surface area (Å²) in [5.74, 6) is 1.63. The molecule has 1 aliphatic rings. The van der Waals surface area contributed by atoms with Crippen molar-refractivity contribution < 1.29 is 14.3 Å². The molecule has 7 rings (SSSR count). The van der Waals surface area contributed by atoms with E-state index in [1.54, 1.807) is 19.0 Å². The summed E-state index contributed by atoms with van der Waals surface area (Å²) in [6, 6.07) is 42.2. The molecule has 1 N–H and O–H groups in total. The summed E-state index contributed by atoms with van der Waals surface area (Å²) in [4.78, 5) is 17.1. The van der Waals surface area contributed by atoms with Crippen LogP contribution in [0.25, 0.3) is 22.5 Å². The number of urea groups is 1. The number of nitrogens with zero attached hydrogens (tertiary/aromatic N) is 5. The van der Waals surface area contributed by atoms with Crippen molar-refractivity contribution in [2.75, 3.05) is 32.6 Å². The molecule has 0 saturated carbocycles. The Hall–Kier alpha value is -5.96. The predicted octanol–water partition coefficient (Wildman–Crippen LogP) is 8.52. The first-order valence-corrected chi connectivity index (χ1v) is 17.2. The van der Waals surface area contributed by atoms with E-state index in [0.717, 1.165) is 40.7 Å². The highest BCUT2D eigenvalue weighted by Gasteiger charge is 2.41. The van der Waals surface area contributed by atoms with Crippen LogP contribution < -0.4 is 14.8 Å². The smallest absolute Gasteiger partial charge is 0.321 e. The van der Waals surface area contributed by atoms with E-state index in [1.807, 2.05) is 95.9 Å². The minimum absolute atomic E-state index is 0.122. The highest BCUT2D eigenvalue weighted by atomic mass is 16.5. The summed E-state index contributed by atoms with van der Waals surface area (Å²) in [7, 11) is 3.23. The molecule has 0 bridgehead atoms. The lowest BCUT2D eigenvalue weighted by molar-refractivity contribution is 0.149. The minimum atomic E-state index is -0.938. The van der Waals surface area contributed by atoms with Gasteiger partial charge in [-0.1, -0.05) is 117 Å². The fourth-order valence-corrected chi connectivity index (χ4v) is 6.93. The number of benzene rings is 5. The van der Waals surface area contributed by atoms with Crippen molar-refractivity contribution in [1.82, 2.24) is 25.1 Å². The number of nitrogens with one attached hydrogen (secondary N) is 1. The zero-order valence-electron chi connectivity index (χ0n) is 29.4. The van der Waals surface area contributed by atoms with Crippen LogP contribution in [0.15, 0.2) is 127 Å². The lowest BCUT2D eigenvalue weighted by atomic mass is 9.77. The molecule has 5 aromatic carbocycles. The molecular weight excluding hydrogens is 637 g/mol.